The van der Waals surface area contributed by atoms with Crippen LogP contribution < -0.4 is 4.74 Å². The molecule has 0 bridgehead atoms. The molecule has 0 aliphatic heterocycles. The van der Waals surface area contributed by atoms with Crippen LogP contribution in [0.1, 0.15) is 39.2 Å². The zero-order valence-electron chi connectivity index (χ0n) is 15.8. The highest BCUT2D eigenvalue weighted by Crippen LogP contribution is 2.13. The Kier molecular flexibility index (Phi) is 10.1. The van der Waals surface area contributed by atoms with E-state index in [1.807, 2.05) is 31.2 Å². The number of carbonyl (C=O) groups excluding carboxylic acids is 2. The molecule has 0 aliphatic carbocycles. The number of aliphatic hydroxyl groups excluding tert-OH is 1. The fourth-order valence-corrected chi connectivity index (χ4v) is 2.24. The molecule has 0 fully saturated rings. The van der Waals surface area contributed by atoms with E-state index in [0.29, 0.717) is 13.2 Å². The summed E-state index contributed by atoms with van der Waals surface area (Å²) in [6.07, 6.45) is 3.51. The van der Waals surface area contributed by atoms with Gasteiger partial charge in [-0.25, -0.2) is 0 Å². The topological polar surface area (TPSA) is 76.1 Å². The Morgan fingerprint density at radius 2 is 1.92 bits per heavy atom. The lowest BCUT2D eigenvalue weighted by molar-refractivity contribution is -0.144. The van der Waals surface area contributed by atoms with Gasteiger partial charge in [-0.1, -0.05) is 19.1 Å². The molecule has 144 valence electrons. The molecule has 1 amide bonds. The molecule has 0 radical (unpaired) electrons. The first-order valence-corrected chi connectivity index (χ1v) is 8.99. The minimum atomic E-state index is -0.676. The van der Waals surface area contributed by atoms with E-state index < -0.39 is 6.10 Å². The van der Waals surface area contributed by atoms with E-state index in [0.717, 1.165) is 17.7 Å². The second-order valence-corrected chi connectivity index (χ2v) is 5.94. The van der Waals surface area contributed by atoms with Gasteiger partial charge in [0.25, 0.3) is 0 Å². The summed E-state index contributed by atoms with van der Waals surface area (Å²) in [6.45, 7) is 6.72. The summed E-state index contributed by atoms with van der Waals surface area (Å²) in [5.41, 5.74) is 0.865. The van der Waals surface area contributed by atoms with E-state index >= 15 is 0 Å². The molecule has 26 heavy (non-hydrogen) atoms. The van der Waals surface area contributed by atoms with Crippen LogP contribution in [0.15, 0.2) is 30.3 Å². The number of carbonyl (C=O) groups is 2. The van der Waals surface area contributed by atoms with Crippen molar-refractivity contribution in [1.29, 1.82) is 0 Å². The summed E-state index contributed by atoms with van der Waals surface area (Å²) in [7, 11) is 0. The number of esters is 1. The number of ether oxygens (including phenoxy) is 2. The fourth-order valence-electron chi connectivity index (χ4n) is 2.24. The SMILES string of the molecule is CCCOc1ccc(/C=C/C(=O)N(CCC(=O)OCC)CC(C)O)cc1. The average molecular weight is 363 g/mol. The molecule has 1 aromatic rings. The molecule has 0 saturated carbocycles. The number of aliphatic hydroxyl groups is 1. The van der Waals surface area contributed by atoms with Gasteiger partial charge in [0, 0.05) is 19.2 Å². The Morgan fingerprint density at radius 1 is 1.23 bits per heavy atom. The van der Waals surface area contributed by atoms with Gasteiger partial charge in [0.05, 0.1) is 25.7 Å². The minimum Gasteiger partial charge on any atom is -0.494 e. The highest BCUT2D eigenvalue weighted by atomic mass is 16.5. The molecule has 1 aromatic carbocycles. The highest BCUT2D eigenvalue weighted by Gasteiger charge is 2.15. The Labute approximate surface area is 155 Å². The van der Waals surface area contributed by atoms with Gasteiger partial charge in [0.1, 0.15) is 5.75 Å². The maximum Gasteiger partial charge on any atom is 0.307 e. The smallest absolute Gasteiger partial charge is 0.307 e. The van der Waals surface area contributed by atoms with Crippen molar-refractivity contribution in [1.82, 2.24) is 4.90 Å². The summed E-state index contributed by atoms with van der Waals surface area (Å²) in [5, 5.41) is 9.58. The van der Waals surface area contributed by atoms with Crippen molar-refractivity contribution in [3.05, 3.63) is 35.9 Å². The number of rotatable bonds is 11. The first kappa shape index (κ1) is 21.7. The zero-order valence-corrected chi connectivity index (χ0v) is 15.8. The van der Waals surface area contributed by atoms with Crippen LogP contribution in [0.3, 0.4) is 0 Å². The van der Waals surface area contributed by atoms with Crippen LogP contribution in [-0.4, -0.2) is 54.3 Å². The van der Waals surface area contributed by atoms with Crippen LogP contribution in [-0.2, 0) is 14.3 Å². The Hall–Kier alpha value is -2.34. The second kappa shape index (κ2) is 12.1. The minimum absolute atomic E-state index is 0.101. The van der Waals surface area contributed by atoms with Crippen molar-refractivity contribution in [3.63, 3.8) is 0 Å². The van der Waals surface area contributed by atoms with Crippen LogP contribution in [0.4, 0.5) is 0 Å². The van der Waals surface area contributed by atoms with E-state index in [1.54, 1.807) is 19.9 Å². The third kappa shape index (κ3) is 8.67. The van der Waals surface area contributed by atoms with Crippen LogP contribution in [0.25, 0.3) is 6.08 Å². The quantitative estimate of drug-likeness (QED) is 0.483. The van der Waals surface area contributed by atoms with Crippen LogP contribution >= 0.6 is 0 Å². The van der Waals surface area contributed by atoms with Crippen LogP contribution in [0.5, 0.6) is 5.75 Å². The Balaban J connectivity index is 2.65. The molecule has 6 nitrogen and oxygen atoms in total. The van der Waals surface area contributed by atoms with E-state index in [9.17, 15) is 14.7 Å². The maximum absolute atomic E-state index is 12.4. The van der Waals surface area contributed by atoms with Gasteiger partial charge in [-0.3, -0.25) is 9.59 Å². The molecule has 1 atom stereocenters. The van der Waals surface area contributed by atoms with E-state index in [-0.39, 0.29) is 31.4 Å². The lowest BCUT2D eigenvalue weighted by atomic mass is 10.2. The van der Waals surface area contributed by atoms with Gasteiger partial charge < -0.3 is 19.5 Å². The van der Waals surface area contributed by atoms with Crippen molar-refractivity contribution < 1.29 is 24.2 Å². The number of benzene rings is 1. The van der Waals surface area contributed by atoms with E-state index in [1.165, 1.54) is 11.0 Å². The zero-order chi connectivity index (χ0) is 19.4. The second-order valence-electron chi connectivity index (χ2n) is 5.94. The summed E-state index contributed by atoms with van der Waals surface area (Å²) >= 11 is 0. The molecule has 1 N–H and O–H groups in total. The summed E-state index contributed by atoms with van der Waals surface area (Å²) < 4.78 is 10.4. The lowest BCUT2D eigenvalue weighted by Crippen LogP contribution is -2.37. The lowest BCUT2D eigenvalue weighted by Gasteiger charge is -2.22. The Bertz CT molecular complexity index is 580. The standard InChI is InChI=1S/C20H29NO5/c1-4-14-26-18-9-6-17(7-10-18)8-11-19(23)21(15-16(3)22)13-12-20(24)25-5-2/h6-11,16,22H,4-5,12-15H2,1-3H3/b11-8+. The predicted octanol–water partition coefficient (Wildman–Crippen LogP) is 2.65. The third-order valence-electron chi connectivity index (χ3n) is 3.46. The van der Waals surface area contributed by atoms with Crippen LogP contribution in [0.2, 0.25) is 0 Å². The molecule has 6 heteroatoms. The molecule has 0 heterocycles. The highest BCUT2D eigenvalue weighted by molar-refractivity contribution is 5.92. The van der Waals surface area contributed by atoms with Gasteiger partial charge in [0.2, 0.25) is 5.91 Å². The monoisotopic (exact) mass is 363 g/mol. The predicted molar refractivity (Wildman–Crippen MR) is 101 cm³/mol. The van der Waals surface area contributed by atoms with Gasteiger partial charge in [0.15, 0.2) is 0 Å². The summed E-state index contributed by atoms with van der Waals surface area (Å²) in [4.78, 5) is 25.3. The average Bonchev–Trinajstić information content (AvgIpc) is 2.62. The number of hydrogen-bond donors (Lipinski definition) is 1. The van der Waals surface area contributed by atoms with E-state index in [4.69, 9.17) is 9.47 Å². The van der Waals surface area contributed by atoms with Crippen molar-refractivity contribution >= 4 is 18.0 Å². The molecule has 0 aromatic heterocycles. The maximum atomic E-state index is 12.4. The first-order valence-electron chi connectivity index (χ1n) is 8.99. The van der Waals surface area contributed by atoms with Gasteiger partial charge in [-0.05, 0) is 44.0 Å². The number of amides is 1. The van der Waals surface area contributed by atoms with Gasteiger partial charge >= 0.3 is 5.97 Å². The summed E-state index contributed by atoms with van der Waals surface area (Å²) in [6, 6.07) is 7.45. The van der Waals surface area contributed by atoms with E-state index in [2.05, 4.69) is 0 Å². The molecule has 0 aliphatic rings. The normalized spacial score (nSPS) is 12.0. The van der Waals surface area contributed by atoms with Crippen molar-refractivity contribution in [2.75, 3.05) is 26.3 Å². The fraction of sp³-hybridized carbons (Fsp3) is 0.500. The molecular formula is C20H29NO5. The largest absolute Gasteiger partial charge is 0.494 e. The van der Waals surface area contributed by atoms with Crippen LogP contribution in [0, 0.1) is 0 Å². The van der Waals surface area contributed by atoms with Gasteiger partial charge in [-0.2, -0.15) is 0 Å². The van der Waals surface area contributed by atoms with Crippen molar-refractivity contribution in [2.24, 2.45) is 0 Å². The number of nitrogens with zero attached hydrogens (tertiary/aromatic N) is 1. The number of hydrogen-bond acceptors (Lipinski definition) is 5. The Morgan fingerprint density at radius 3 is 2.50 bits per heavy atom. The summed E-state index contributed by atoms with van der Waals surface area (Å²) in [5.74, 6) is 0.171. The molecule has 0 saturated heterocycles. The first-order chi connectivity index (χ1) is 12.5. The molecule has 1 rings (SSSR count). The van der Waals surface area contributed by atoms with Crippen molar-refractivity contribution in [2.45, 2.75) is 39.7 Å². The molecular weight excluding hydrogens is 334 g/mol. The molecule has 0 spiro atoms. The van der Waals surface area contributed by atoms with Gasteiger partial charge in [-0.15, -0.1) is 0 Å². The molecule has 1 unspecified atom stereocenters. The third-order valence-corrected chi connectivity index (χ3v) is 3.46. The van der Waals surface area contributed by atoms with Crippen molar-refractivity contribution in [3.8, 4) is 5.75 Å².